The molecule has 4 heterocycles. The fourth-order valence-electron chi connectivity index (χ4n) is 3.23. The highest BCUT2D eigenvalue weighted by molar-refractivity contribution is 5.85. The van der Waals surface area contributed by atoms with Crippen molar-refractivity contribution >= 4 is 22.1 Å². The Kier molecular flexibility index (Phi) is 5.19. The van der Waals surface area contributed by atoms with Gasteiger partial charge >= 0.3 is 0 Å². The molecular weight excluding hydrogens is 404 g/mol. The molecule has 8 nitrogen and oxygen atoms in total. The largest absolute Gasteiger partial charge is 0.480 e. The lowest BCUT2D eigenvalue weighted by Gasteiger charge is -2.18. The van der Waals surface area contributed by atoms with Gasteiger partial charge in [-0.2, -0.15) is 9.97 Å². The molecule has 0 aliphatic carbocycles. The number of aromatic nitrogens is 6. The van der Waals surface area contributed by atoms with Crippen molar-refractivity contribution in [3.63, 3.8) is 0 Å². The summed E-state index contributed by atoms with van der Waals surface area (Å²) in [5, 5.41) is 1.51. The van der Waals surface area contributed by atoms with Crippen molar-refractivity contribution in [3.8, 4) is 23.1 Å². The van der Waals surface area contributed by atoms with Gasteiger partial charge in [0.25, 0.3) is 0 Å². The second-order valence-corrected chi connectivity index (χ2v) is 9.75. The molecule has 4 aromatic rings. The second kappa shape index (κ2) is 7.62. The summed E-state index contributed by atoms with van der Waals surface area (Å²) < 4.78 is 11.0. The zero-order chi connectivity index (χ0) is 23.3. The highest BCUT2D eigenvalue weighted by Crippen LogP contribution is 2.31. The Morgan fingerprint density at radius 2 is 0.906 bits per heavy atom. The topological polar surface area (TPSA) is 95.8 Å². The van der Waals surface area contributed by atoms with E-state index in [-0.39, 0.29) is 10.8 Å². The maximum Gasteiger partial charge on any atom is 0.226 e. The summed E-state index contributed by atoms with van der Waals surface area (Å²) in [7, 11) is 3.21. The van der Waals surface area contributed by atoms with E-state index in [4.69, 9.17) is 29.4 Å². The monoisotopic (exact) mass is 432 g/mol. The molecule has 166 valence electrons. The minimum absolute atomic E-state index is 0.239. The van der Waals surface area contributed by atoms with Crippen LogP contribution in [0.2, 0.25) is 0 Å². The number of hydrogen-bond acceptors (Lipinski definition) is 8. The molecular formula is C24H28N6O2. The van der Waals surface area contributed by atoms with Crippen LogP contribution in [0.5, 0.6) is 11.8 Å². The molecule has 0 bridgehead atoms. The van der Waals surface area contributed by atoms with Crippen LogP contribution < -0.4 is 9.47 Å². The van der Waals surface area contributed by atoms with E-state index in [0.717, 1.165) is 10.8 Å². The van der Waals surface area contributed by atoms with E-state index >= 15 is 0 Å². The Morgan fingerprint density at radius 1 is 0.531 bits per heavy atom. The quantitative estimate of drug-likeness (QED) is 0.462. The Morgan fingerprint density at radius 3 is 1.22 bits per heavy atom. The van der Waals surface area contributed by atoms with Gasteiger partial charge in [0.1, 0.15) is 11.6 Å². The normalized spacial score (nSPS) is 12.4. The number of nitrogens with zero attached hydrogens (tertiary/aromatic N) is 6. The van der Waals surface area contributed by atoms with Gasteiger partial charge in [-0.1, -0.05) is 41.5 Å². The van der Waals surface area contributed by atoms with Crippen molar-refractivity contribution in [1.29, 1.82) is 0 Å². The Hall–Kier alpha value is -3.42. The zero-order valence-corrected chi connectivity index (χ0v) is 19.8. The van der Waals surface area contributed by atoms with Gasteiger partial charge in [0.2, 0.25) is 11.8 Å². The first-order valence-electron chi connectivity index (χ1n) is 10.5. The molecule has 4 aromatic heterocycles. The van der Waals surface area contributed by atoms with Crippen LogP contribution in [0.1, 0.15) is 53.2 Å². The molecule has 0 aromatic carbocycles. The predicted octanol–water partition coefficient (Wildman–Crippen LogP) is 4.64. The molecule has 0 aliphatic rings. The maximum absolute atomic E-state index is 5.50. The van der Waals surface area contributed by atoms with Crippen LogP contribution in [0, 0.1) is 0 Å². The molecule has 0 radical (unpaired) electrons. The first kappa shape index (κ1) is 21.8. The van der Waals surface area contributed by atoms with E-state index in [2.05, 4.69) is 51.5 Å². The number of fused-ring (bicyclic) bond motifs is 2. The zero-order valence-electron chi connectivity index (χ0n) is 19.8. The first-order chi connectivity index (χ1) is 15.0. The van der Waals surface area contributed by atoms with Gasteiger partial charge < -0.3 is 9.47 Å². The van der Waals surface area contributed by atoms with Crippen molar-refractivity contribution in [2.75, 3.05) is 14.2 Å². The van der Waals surface area contributed by atoms with Crippen LogP contribution in [0.4, 0.5) is 0 Å². The van der Waals surface area contributed by atoms with Crippen LogP contribution in [-0.2, 0) is 10.8 Å². The highest BCUT2D eigenvalue weighted by Gasteiger charge is 2.23. The summed E-state index contributed by atoms with van der Waals surface area (Å²) in [5.41, 5.74) is 2.03. The van der Waals surface area contributed by atoms with Crippen molar-refractivity contribution in [3.05, 3.63) is 35.9 Å². The smallest absolute Gasteiger partial charge is 0.226 e. The van der Waals surface area contributed by atoms with Gasteiger partial charge in [-0.3, -0.25) is 0 Å². The summed E-state index contributed by atoms with van der Waals surface area (Å²) in [6.07, 6.45) is 0. The van der Waals surface area contributed by atoms with Crippen LogP contribution in [0.25, 0.3) is 33.5 Å². The fraction of sp³-hybridized carbons (Fsp3) is 0.417. The number of rotatable bonds is 3. The van der Waals surface area contributed by atoms with Crippen LogP contribution in [0.15, 0.2) is 24.3 Å². The van der Waals surface area contributed by atoms with E-state index in [9.17, 15) is 0 Å². The summed E-state index contributed by atoms with van der Waals surface area (Å²) >= 11 is 0. The molecule has 0 N–H and O–H groups in total. The van der Waals surface area contributed by atoms with Gasteiger partial charge in [-0.15, -0.1) is 0 Å². The molecule has 0 fully saturated rings. The van der Waals surface area contributed by atoms with Gasteiger partial charge in [-0.05, 0) is 24.3 Å². The van der Waals surface area contributed by atoms with Crippen LogP contribution in [-0.4, -0.2) is 44.1 Å². The fourth-order valence-corrected chi connectivity index (χ4v) is 3.23. The third-order valence-corrected chi connectivity index (χ3v) is 5.04. The van der Waals surface area contributed by atoms with E-state index < -0.39 is 0 Å². The number of hydrogen-bond donors (Lipinski definition) is 0. The van der Waals surface area contributed by atoms with Crippen molar-refractivity contribution < 1.29 is 9.47 Å². The van der Waals surface area contributed by atoms with Gasteiger partial charge in [0, 0.05) is 10.8 Å². The molecule has 0 saturated carbocycles. The third-order valence-electron chi connectivity index (χ3n) is 5.04. The van der Waals surface area contributed by atoms with E-state index in [1.54, 1.807) is 14.2 Å². The lowest BCUT2D eigenvalue weighted by atomic mass is 9.95. The van der Waals surface area contributed by atoms with Crippen molar-refractivity contribution in [1.82, 2.24) is 29.9 Å². The number of ether oxygens (including phenoxy) is 2. The number of methoxy groups -OCH3 is 2. The average Bonchev–Trinajstić information content (AvgIpc) is 2.75. The minimum atomic E-state index is -0.239. The minimum Gasteiger partial charge on any atom is -0.480 e. The molecule has 4 rings (SSSR count). The molecule has 0 saturated heterocycles. The summed E-state index contributed by atoms with van der Waals surface area (Å²) in [5.74, 6) is 2.37. The van der Waals surface area contributed by atoms with E-state index in [0.29, 0.717) is 46.1 Å². The highest BCUT2D eigenvalue weighted by atomic mass is 16.5. The van der Waals surface area contributed by atoms with E-state index in [1.807, 2.05) is 24.3 Å². The van der Waals surface area contributed by atoms with Crippen molar-refractivity contribution in [2.24, 2.45) is 0 Å². The van der Waals surface area contributed by atoms with Crippen LogP contribution >= 0.6 is 0 Å². The Labute approximate surface area is 187 Å². The lowest BCUT2D eigenvalue weighted by molar-refractivity contribution is 0.395. The Balaban J connectivity index is 1.90. The second-order valence-electron chi connectivity index (χ2n) is 9.75. The molecule has 0 aliphatic heterocycles. The summed E-state index contributed by atoms with van der Waals surface area (Å²) in [6, 6.07) is 7.61. The lowest BCUT2D eigenvalue weighted by Crippen LogP contribution is -2.17. The summed E-state index contributed by atoms with van der Waals surface area (Å²) in [4.78, 5) is 28.1. The maximum atomic E-state index is 5.50. The van der Waals surface area contributed by atoms with Gasteiger partial charge in [-0.25, -0.2) is 19.9 Å². The first-order valence-corrected chi connectivity index (χ1v) is 10.5. The van der Waals surface area contributed by atoms with Gasteiger partial charge in [0.05, 0.1) is 36.4 Å². The molecule has 32 heavy (non-hydrogen) atoms. The molecule has 0 amide bonds. The third kappa shape index (κ3) is 3.92. The molecule has 0 spiro atoms. The SMILES string of the molecule is COc1nc(C(C)(C)C)nc2nc(-c3ccc4c(OC)nc(C(C)(C)C)nc4n3)ccc12. The molecule has 0 atom stereocenters. The average molecular weight is 433 g/mol. The molecule has 8 heteroatoms. The van der Waals surface area contributed by atoms with Crippen LogP contribution in [0.3, 0.4) is 0 Å². The number of pyridine rings is 2. The Bertz CT molecular complexity index is 1220. The summed E-state index contributed by atoms with van der Waals surface area (Å²) in [6.45, 7) is 12.3. The standard InChI is InChI=1S/C24H28N6O2/c1-23(2,3)21-27-17-13(19(29-21)31-7)9-11-15(25-17)16-12-10-14-18(26-16)28-22(24(4,5)6)30-20(14)32-8/h9-12H,1-8H3. The van der Waals surface area contributed by atoms with E-state index in [1.165, 1.54) is 0 Å². The predicted molar refractivity (Wildman–Crippen MR) is 124 cm³/mol. The molecule has 0 unspecified atom stereocenters. The van der Waals surface area contributed by atoms with Gasteiger partial charge in [0.15, 0.2) is 11.3 Å². The van der Waals surface area contributed by atoms with Crippen molar-refractivity contribution in [2.45, 2.75) is 52.4 Å².